The van der Waals surface area contributed by atoms with E-state index in [9.17, 15) is 66.6 Å². The molecule has 0 amide bonds. The minimum atomic E-state index is -5.42. The maximum atomic E-state index is 15.0. The van der Waals surface area contributed by atoms with E-state index in [1.165, 1.54) is 49.9 Å². The normalized spacial score (nSPS) is 18.5. The molecule has 0 atom stereocenters. The third kappa shape index (κ3) is 15.7. The van der Waals surface area contributed by atoms with Crippen LogP contribution in [-0.2, 0) is 26.3 Å². The van der Waals surface area contributed by atoms with Gasteiger partial charge in [-0.25, -0.2) is 0 Å². The van der Waals surface area contributed by atoms with Gasteiger partial charge in [0.2, 0.25) is 5.76 Å². The van der Waals surface area contributed by atoms with Crippen LogP contribution in [0, 0.1) is 49.4 Å². The first-order chi connectivity index (χ1) is 34.4. The van der Waals surface area contributed by atoms with Crippen molar-refractivity contribution in [1.82, 2.24) is 0 Å². The molecule has 74 heavy (non-hydrogen) atoms. The molecule has 0 aliphatic heterocycles. The van der Waals surface area contributed by atoms with E-state index in [0.29, 0.717) is 0 Å². The van der Waals surface area contributed by atoms with Gasteiger partial charge < -0.3 is 14.2 Å². The molecular weight excluding hydrogens is 1170 g/mol. The Balaban J connectivity index is 0.000000221. The van der Waals surface area contributed by atoms with Crippen molar-refractivity contribution < 1.29 is 121 Å². The molecular formula is C55H62EuF12O4P2. The van der Waals surface area contributed by atoms with Gasteiger partial charge in [0.15, 0.2) is 0 Å². The van der Waals surface area contributed by atoms with E-state index in [-0.39, 0.29) is 72.0 Å². The molecule has 1 N–H and O–H groups in total. The fourth-order valence-corrected chi connectivity index (χ4v) is 20.3. The molecule has 0 heterocycles. The number of carbonyl (C=O) groups excluding carboxylic acids is 1. The summed E-state index contributed by atoms with van der Waals surface area (Å²) in [5.41, 5.74) is 2.72. The monoisotopic (exact) mass is 1230 g/mol. The summed E-state index contributed by atoms with van der Waals surface area (Å²) < 4.78 is 176. The summed E-state index contributed by atoms with van der Waals surface area (Å²) in [7, 11) is -5.38. The smallest absolute Gasteiger partial charge is 0.454 e. The van der Waals surface area contributed by atoms with Gasteiger partial charge in [0.05, 0.1) is 11.1 Å². The van der Waals surface area contributed by atoms with Crippen LogP contribution < -0.4 is 10.6 Å². The fraction of sp³-hybridized carbons (Fsp3) is 0.509. The van der Waals surface area contributed by atoms with E-state index >= 15 is 0 Å². The second-order valence-electron chi connectivity index (χ2n) is 19.7. The summed E-state index contributed by atoms with van der Waals surface area (Å²) in [6.45, 7) is 0. The van der Waals surface area contributed by atoms with Gasteiger partial charge in [-0.1, -0.05) is 150 Å². The molecule has 4 aromatic carbocycles. The predicted molar refractivity (Wildman–Crippen MR) is 264 cm³/mol. The first-order valence-corrected chi connectivity index (χ1v) is 28.9. The summed E-state index contributed by atoms with van der Waals surface area (Å²) in [6, 6.07) is 26.3. The zero-order chi connectivity index (χ0) is 53.2. The molecule has 1 radical (unpaired) electrons. The summed E-state index contributed by atoms with van der Waals surface area (Å²) in [5.74, 6) is -5.34. The number of hydrogen-bond donors (Lipinski definition) is 1. The molecule has 4 aliphatic rings. The van der Waals surface area contributed by atoms with E-state index in [0.717, 1.165) is 160 Å². The zero-order valence-corrected chi connectivity index (χ0v) is 45.0. The number of aliphatic hydroxyl groups is 1. The van der Waals surface area contributed by atoms with Crippen molar-refractivity contribution in [2.24, 2.45) is 0 Å². The molecule has 4 fully saturated rings. The maximum absolute atomic E-state index is 15.0. The molecule has 0 aromatic heterocycles. The molecule has 4 saturated carbocycles. The average Bonchev–Trinajstić information content (AvgIpc) is 3.38. The SMILES string of the molecule is O=C(/C=C(\O)C(F)(F)F)C(F)(F)F.O=P(c1ccccc1-c1ccc(C(F)(F)F)cc1)(C1CCCCC1)C1CCCCC1.O=P(c1ccccc1-c1ccc(C(F)(F)F)cc1)(C1CCCCC1)C1CCCCC1.[Eu]. The summed E-state index contributed by atoms with van der Waals surface area (Å²) in [5, 5.41) is 9.75. The topological polar surface area (TPSA) is 71.4 Å². The van der Waals surface area contributed by atoms with Crippen LogP contribution >= 0.6 is 14.3 Å². The second kappa shape index (κ2) is 26.8. The van der Waals surface area contributed by atoms with E-state index in [2.05, 4.69) is 0 Å². The van der Waals surface area contributed by atoms with Crippen LogP contribution in [0.1, 0.15) is 140 Å². The number of carbonyl (C=O) groups is 1. The fourth-order valence-electron chi connectivity index (χ4n) is 11.3. The van der Waals surface area contributed by atoms with Gasteiger partial charge in [0.25, 0.3) is 5.78 Å². The first kappa shape index (κ1) is 62.1. The summed E-state index contributed by atoms with van der Waals surface area (Å²) in [4.78, 5) is 9.86. The van der Waals surface area contributed by atoms with Crippen LogP contribution in [0.3, 0.4) is 0 Å². The van der Waals surface area contributed by atoms with E-state index in [1.807, 2.05) is 48.5 Å². The van der Waals surface area contributed by atoms with Crippen molar-refractivity contribution in [1.29, 1.82) is 0 Å². The number of halogens is 12. The molecule has 4 nitrogen and oxygen atoms in total. The van der Waals surface area contributed by atoms with E-state index < -0.39 is 67.7 Å². The van der Waals surface area contributed by atoms with Crippen LogP contribution in [0.4, 0.5) is 52.7 Å². The number of benzene rings is 4. The Hall–Kier alpha value is -2.71. The Morgan fingerprint density at radius 3 is 0.932 bits per heavy atom. The van der Waals surface area contributed by atoms with Gasteiger partial charge in [0, 0.05) is 88.7 Å². The van der Waals surface area contributed by atoms with Gasteiger partial charge in [0.1, 0.15) is 14.3 Å². The largest absolute Gasteiger partial charge is 0.504 e. The third-order valence-electron chi connectivity index (χ3n) is 14.9. The van der Waals surface area contributed by atoms with Gasteiger partial charge in [-0.2, -0.15) is 52.7 Å². The number of aliphatic hydroxyl groups excluding tert-OH is 1. The molecule has 0 unspecified atom stereocenters. The molecule has 0 bridgehead atoms. The third-order valence-corrected chi connectivity index (χ3v) is 23.6. The predicted octanol–water partition coefficient (Wildman–Crippen LogP) is 18.2. The van der Waals surface area contributed by atoms with Crippen LogP contribution in [0.25, 0.3) is 22.3 Å². The number of alkyl halides is 12. The summed E-state index contributed by atoms with van der Waals surface area (Å²) in [6.07, 6.45) is 1.56. The molecule has 8 rings (SSSR count). The Kier molecular flexibility index (Phi) is 22.5. The minimum Gasteiger partial charge on any atom is -0.504 e. The van der Waals surface area contributed by atoms with Crippen LogP contribution in [0.15, 0.2) is 109 Å². The number of ketones is 1. The number of allylic oxidation sites excluding steroid dienone is 2. The molecule has 407 valence electrons. The van der Waals surface area contributed by atoms with Crippen molar-refractivity contribution in [2.45, 2.75) is 176 Å². The van der Waals surface area contributed by atoms with Crippen molar-refractivity contribution in [3.8, 4) is 22.3 Å². The van der Waals surface area contributed by atoms with Crippen molar-refractivity contribution in [2.75, 3.05) is 0 Å². The Morgan fingerprint density at radius 2 is 0.689 bits per heavy atom. The average molecular weight is 1230 g/mol. The standard InChI is InChI=1S/2C25H30F3OP.C5H2F6O2.Eu/c2*26-25(27,28)20-17-15-19(16-18-20)23-13-7-8-14-24(23)30(29,21-9-3-1-4-10-21)22-11-5-2-6-12-22;6-4(7,8)2(12)1-3(13)5(9,10)11;/h2*7-8,13-18,21-22H,1-6,9-12H2;1,12H;/b;;2-1-;. The Bertz CT molecular complexity index is 2350. The molecule has 0 spiro atoms. The van der Waals surface area contributed by atoms with Crippen molar-refractivity contribution in [3.05, 3.63) is 120 Å². The van der Waals surface area contributed by atoms with Crippen LogP contribution in [0.5, 0.6) is 0 Å². The van der Waals surface area contributed by atoms with Crippen LogP contribution in [-0.4, -0.2) is 45.9 Å². The number of hydrogen-bond acceptors (Lipinski definition) is 4. The van der Waals surface area contributed by atoms with Gasteiger partial charge in [-0.15, -0.1) is 0 Å². The molecule has 19 heteroatoms. The minimum absolute atomic E-state index is 0. The summed E-state index contributed by atoms with van der Waals surface area (Å²) >= 11 is 0. The Morgan fingerprint density at radius 1 is 0.419 bits per heavy atom. The Labute approximate surface area is 466 Å². The van der Waals surface area contributed by atoms with Gasteiger partial charge >= 0.3 is 24.7 Å². The number of rotatable bonds is 9. The molecule has 4 aliphatic carbocycles. The zero-order valence-electron chi connectivity index (χ0n) is 40.7. The first-order valence-electron chi connectivity index (χ1n) is 25.2. The van der Waals surface area contributed by atoms with E-state index in [4.69, 9.17) is 5.11 Å². The van der Waals surface area contributed by atoms with Crippen LogP contribution in [0.2, 0.25) is 0 Å². The molecule has 4 aromatic rings. The van der Waals surface area contributed by atoms with Gasteiger partial charge in [-0.3, -0.25) is 4.79 Å². The second-order valence-corrected chi connectivity index (χ2v) is 26.4. The maximum Gasteiger partial charge on any atom is 0.454 e. The van der Waals surface area contributed by atoms with Gasteiger partial charge in [-0.05, 0) is 97.9 Å². The van der Waals surface area contributed by atoms with E-state index in [1.54, 1.807) is 0 Å². The quantitative estimate of drug-likeness (QED) is 0.0785. The van der Waals surface area contributed by atoms with Crippen molar-refractivity contribution in [3.63, 3.8) is 0 Å². The van der Waals surface area contributed by atoms with Crippen molar-refractivity contribution >= 4 is 30.7 Å². The molecule has 0 saturated heterocycles.